The predicted molar refractivity (Wildman–Crippen MR) is 59.7 cm³/mol. The molecule has 0 radical (unpaired) electrons. The van der Waals surface area contributed by atoms with Gasteiger partial charge in [0.05, 0.1) is 13.2 Å². The van der Waals surface area contributed by atoms with Gasteiger partial charge in [-0.3, -0.25) is 0 Å². The number of halogens is 3. The van der Waals surface area contributed by atoms with Crippen molar-refractivity contribution in [2.45, 2.75) is 12.0 Å². The summed E-state index contributed by atoms with van der Waals surface area (Å²) in [5, 5.41) is 8.57. The number of nitrogens with two attached hydrogens (primary N) is 1. The van der Waals surface area contributed by atoms with E-state index in [9.17, 15) is 8.78 Å². The van der Waals surface area contributed by atoms with Crippen LogP contribution >= 0.6 is 15.9 Å². The second kappa shape index (κ2) is 5.07. The summed E-state index contributed by atoms with van der Waals surface area (Å²) in [6, 6.07) is 3.03. The molecule has 90 valence electrons. The standard InChI is InChI=1S/C10H12BrF2NO2/c1-16-6-2-3-8(11)7(4-6)9(14)10(12,13)5-15/h2-4,9,15H,5,14H2,1H3/t9-/m0/s1. The molecule has 1 aromatic rings. The number of rotatable bonds is 4. The molecule has 0 fully saturated rings. The molecule has 6 heteroatoms. The second-order valence-corrected chi connectivity index (χ2v) is 4.14. The molecule has 0 amide bonds. The summed E-state index contributed by atoms with van der Waals surface area (Å²) in [6.45, 7) is -1.29. The Morgan fingerprint density at radius 1 is 1.56 bits per heavy atom. The van der Waals surface area contributed by atoms with Crippen molar-refractivity contribution in [3.63, 3.8) is 0 Å². The van der Waals surface area contributed by atoms with E-state index in [0.29, 0.717) is 10.2 Å². The van der Waals surface area contributed by atoms with Gasteiger partial charge >= 0.3 is 0 Å². The van der Waals surface area contributed by atoms with Gasteiger partial charge in [-0.15, -0.1) is 0 Å². The SMILES string of the molecule is COc1ccc(Br)c([C@H](N)C(F)(F)CO)c1. The number of alkyl halides is 2. The first-order valence-corrected chi connectivity index (χ1v) is 5.29. The van der Waals surface area contributed by atoms with Crippen LogP contribution in [0.25, 0.3) is 0 Å². The lowest BCUT2D eigenvalue weighted by atomic mass is 10.0. The minimum absolute atomic E-state index is 0.193. The Morgan fingerprint density at radius 3 is 2.69 bits per heavy atom. The highest BCUT2D eigenvalue weighted by Gasteiger charge is 2.38. The molecule has 0 aliphatic carbocycles. The molecule has 0 unspecified atom stereocenters. The summed E-state index contributed by atoms with van der Waals surface area (Å²) in [7, 11) is 1.43. The lowest BCUT2D eigenvalue weighted by molar-refractivity contribution is -0.0713. The van der Waals surface area contributed by atoms with E-state index < -0.39 is 18.6 Å². The Hall–Kier alpha value is -0.720. The maximum Gasteiger partial charge on any atom is 0.289 e. The van der Waals surface area contributed by atoms with E-state index in [2.05, 4.69) is 15.9 Å². The molecule has 0 bridgehead atoms. The van der Waals surface area contributed by atoms with Gasteiger partial charge in [0.2, 0.25) is 0 Å². The van der Waals surface area contributed by atoms with Crippen molar-refractivity contribution in [3.8, 4) is 5.75 Å². The summed E-state index contributed by atoms with van der Waals surface area (Å²) < 4.78 is 31.8. The van der Waals surface area contributed by atoms with Gasteiger partial charge in [0.25, 0.3) is 5.92 Å². The van der Waals surface area contributed by atoms with Gasteiger partial charge < -0.3 is 15.6 Å². The van der Waals surface area contributed by atoms with Crippen LogP contribution in [0, 0.1) is 0 Å². The van der Waals surface area contributed by atoms with E-state index in [1.54, 1.807) is 12.1 Å². The summed E-state index contributed by atoms with van der Waals surface area (Å²) in [6.07, 6.45) is 0. The Kier molecular flexibility index (Phi) is 4.23. The fourth-order valence-corrected chi connectivity index (χ4v) is 1.71. The molecule has 0 aliphatic rings. The van der Waals surface area contributed by atoms with E-state index >= 15 is 0 Å². The maximum absolute atomic E-state index is 13.2. The first kappa shape index (κ1) is 13.3. The van der Waals surface area contributed by atoms with E-state index in [4.69, 9.17) is 15.6 Å². The normalized spacial score (nSPS) is 13.6. The van der Waals surface area contributed by atoms with E-state index in [1.165, 1.54) is 13.2 Å². The molecule has 0 spiro atoms. The van der Waals surface area contributed by atoms with Crippen LogP contribution in [-0.2, 0) is 0 Å². The second-order valence-electron chi connectivity index (χ2n) is 3.28. The zero-order valence-corrected chi connectivity index (χ0v) is 10.2. The number of ether oxygens (including phenoxy) is 1. The molecule has 16 heavy (non-hydrogen) atoms. The van der Waals surface area contributed by atoms with Crippen molar-refractivity contribution in [2.75, 3.05) is 13.7 Å². The number of hydrogen-bond donors (Lipinski definition) is 2. The smallest absolute Gasteiger partial charge is 0.289 e. The van der Waals surface area contributed by atoms with Crippen molar-refractivity contribution >= 4 is 15.9 Å². The van der Waals surface area contributed by atoms with Crippen LogP contribution in [0.5, 0.6) is 5.75 Å². The van der Waals surface area contributed by atoms with Crippen LogP contribution in [0.3, 0.4) is 0 Å². The summed E-state index contributed by atoms with van der Waals surface area (Å²) in [5.74, 6) is -2.93. The lowest BCUT2D eigenvalue weighted by Gasteiger charge is -2.23. The van der Waals surface area contributed by atoms with Gasteiger partial charge in [-0.25, -0.2) is 8.78 Å². The van der Waals surface area contributed by atoms with Crippen LogP contribution in [0.4, 0.5) is 8.78 Å². The van der Waals surface area contributed by atoms with Gasteiger partial charge in [0.1, 0.15) is 12.4 Å². The third-order valence-corrected chi connectivity index (χ3v) is 2.93. The van der Waals surface area contributed by atoms with Crippen LogP contribution in [0.1, 0.15) is 11.6 Å². The number of benzene rings is 1. The van der Waals surface area contributed by atoms with Gasteiger partial charge in [0.15, 0.2) is 0 Å². The minimum atomic E-state index is -3.37. The molecule has 1 aromatic carbocycles. The van der Waals surface area contributed by atoms with E-state index in [1.807, 2.05) is 0 Å². The monoisotopic (exact) mass is 295 g/mol. The van der Waals surface area contributed by atoms with Crippen molar-refractivity contribution in [2.24, 2.45) is 5.73 Å². The zero-order chi connectivity index (χ0) is 12.3. The maximum atomic E-state index is 13.2. The average Bonchev–Trinajstić information content (AvgIpc) is 2.29. The molecule has 0 saturated carbocycles. The first-order valence-electron chi connectivity index (χ1n) is 4.50. The highest BCUT2D eigenvalue weighted by atomic mass is 79.9. The third-order valence-electron chi connectivity index (χ3n) is 2.20. The molecule has 0 heterocycles. The topological polar surface area (TPSA) is 55.5 Å². The molecular formula is C10H12BrF2NO2. The molecule has 3 nitrogen and oxygen atoms in total. The fraction of sp³-hybridized carbons (Fsp3) is 0.400. The quantitative estimate of drug-likeness (QED) is 0.894. The highest BCUT2D eigenvalue weighted by Crippen LogP contribution is 2.34. The van der Waals surface area contributed by atoms with Crippen molar-refractivity contribution in [1.29, 1.82) is 0 Å². The van der Waals surface area contributed by atoms with Gasteiger partial charge in [-0.05, 0) is 23.8 Å². The molecule has 0 aromatic heterocycles. The van der Waals surface area contributed by atoms with Gasteiger partial charge in [0, 0.05) is 4.47 Å². The number of aliphatic hydroxyl groups is 1. The van der Waals surface area contributed by atoms with Gasteiger partial charge in [-0.1, -0.05) is 15.9 Å². The largest absolute Gasteiger partial charge is 0.497 e. The van der Waals surface area contributed by atoms with Crippen LogP contribution < -0.4 is 10.5 Å². The number of aliphatic hydroxyl groups excluding tert-OH is 1. The third kappa shape index (κ3) is 2.69. The Bertz CT molecular complexity index is 374. The fourth-order valence-electron chi connectivity index (χ4n) is 1.21. The van der Waals surface area contributed by atoms with E-state index in [-0.39, 0.29) is 5.56 Å². The first-order chi connectivity index (χ1) is 7.42. The van der Waals surface area contributed by atoms with Crippen molar-refractivity contribution in [1.82, 2.24) is 0 Å². The van der Waals surface area contributed by atoms with Crippen molar-refractivity contribution < 1.29 is 18.6 Å². The molecule has 3 N–H and O–H groups in total. The van der Waals surface area contributed by atoms with Gasteiger partial charge in [-0.2, -0.15) is 0 Å². The Balaban J connectivity index is 3.11. The highest BCUT2D eigenvalue weighted by molar-refractivity contribution is 9.10. The Morgan fingerprint density at radius 2 is 2.19 bits per heavy atom. The van der Waals surface area contributed by atoms with Crippen molar-refractivity contribution in [3.05, 3.63) is 28.2 Å². The number of hydrogen-bond acceptors (Lipinski definition) is 3. The Labute approximate surface area is 100 Å². The summed E-state index contributed by atoms with van der Waals surface area (Å²) in [4.78, 5) is 0. The van der Waals surface area contributed by atoms with E-state index in [0.717, 1.165) is 0 Å². The van der Waals surface area contributed by atoms with Crippen LogP contribution in [-0.4, -0.2) is 24.7 Å². The predicted octanol–water partition coefficient (Wildman–Crippen LogP) is 2.09. The van der Waals surface area contributed by atoms with Crippen LogP contribution in [0.15, 0.2) is 22.7 Å². The number of methoxy groups -OCH3 is 1. The minimum Gasteiger partial charge on any atom is -0.497 e. The summed E-state index contributed by atoms with van der Waals surface area (Å²) in [5.41, 5.74) is 5.61. The lowest BCUT2D eigenvalue weighted by Crippen LogP contribution is -2.36. The molecular weight excluding hydrogens is 284 g/mol. The molecule has 0 saturated heterocycles. The zero-order valence-electron chi connectivity index (χ0n) is 8.58. The average molecular weight is 296 g/mol. The summed E-state index contributed by atoms with van der Waals surface area (Å²) >= 11 is 3.13. The van der Waals surface area contributed by atoms with Crippen LogP contribution in [0.2, 0.25) is 0 Å². The molecule has 1 atom stereocenters. The molecule has 0 aliphatic heterocycles. The molecule has 1 rings (SSSR count).